The average molecular weight is 564 g/mol. The fourth-order valence-corrected chi connectivity index (χ4v) is 6.15. The fraction of sp³-hybridized carbons (Fsp3) is 0.0238. The second-order valence-corrected chi connectivity index (χ2v) is 11.3. The maximum atomic E-state index is 6.05. The third-order valence-electron chi connectivity index (χ3n) is 8.41. The average Bonchev–Trinajstić information content (AvgIpc) is 3.47. The lowest BCUT2D eigenvalue weighted by atomic mass is 9.93. The molecule has 0 unspecified atom stereocenters. The molecule has 0 aliphatic rings. The van der Waals surface area contributed by atoms with E-state index in [-0.39, 0.29) is 0 Å². The van der Waals surface area contributed by atoms with Crippen LogP contribution in [-0.4, -0.2) is 4.98 Å². The highest BCUT2D eigenvalue weighted by molar-refractivity contribution is 6.06. The van der Waals surface area contributed by atoms with E-state index in [1.54, 1.807) is 0 Å². The van der Waals surface area contributed by atoms with E-state index in [0.717, 1.165) is 50.0 Å². The lowest BCUT2D eigenvalue weighted by molar-refractivity contribution is 0.669. The molecular formula is C42H29NO. The highest BCUT2D eigenvalue weighted by atomic mass is 16.3. The standard InChI is InChI=1S/C42H29NO/c1-28-23-31(32-20-22-42-38(25-32)37-17-8-9-18-41(37)44-42)19-21-36(28)33-15-10-16-34(24-33)40-27-35(29-11-4-2-5-12-29)26-39(43-40)30-13-6-3-7-14-30/h2-27H,1H3. The molecule has 0 atom stereocenters. The number of nitrogens with zero attached hydrogens (tertiary/aromatic N) is 1. The van der Waals surface area contributed by atoms with Crippen LogP contribution in [0.1, 0.15) is 5.56 Å². The van der Waals surface area contributed by atoms with E-state index < -0.39 is 0 Å². The SMILES string of the molecule is Cc1cc(-c2ccc3oc4ccccc4c3c2)ccc1-c1cccc(-c2cc(-c3ccccc3)cc(-c3ccccc3)n2)c1. The Morgan fingerprint density at radius 1 is 0.386 bits per heavy atom. The second kappa shape index (κ2) is 10.8. The smallest absolute Gasteiger partial charge is 0.135 e. The van der Waals surface area contributed by atoms with Crippen molar-refractivity contribution < 1.29 is 4.42 Å². The monoisotopic (exact) mass is 563 g/mol. The Hall–Kier alpha value is -5.73. The van der Waals surface area contributed by atoms with E-state index >= 15 is 0 Å². The summed E-state index contributed by atoms with van der Waals surface area (Å²) in [6.45, 7) is 2.19. The zero-order valence-electron chi connectivity index (χ0n) is 24.4. The van der Waals surface area contributed by atoms with Crippen molar-refractivity contribution in [3.63, 3.8) is 0 Å². The molecule has 0 saturated heterocycles. The molecule has 2 heteroatoms. The first-order chi connectivity index (χ1) is 21.7. The van der Waals surface area contributed by atoms with Crippen LogP contribution in [0.2, 0.25) is 0 Å². The van der Waals surface area contributed by atoms with Crippen molar-refractivity contribution in [1.82, 2.24) is 4.98 Å². The fourth-order valence-electron chi connectivity index (χ4n) is 6.15. The Morgan fingerprint density at radius 3 is 1.80 bits per heavy atom. The number of aromatic nitrogens is 1. The van der Waals surface area contributed by atoms with Crippen LogP contribution in [0.5, 0.6) is 0 Å². The highest BCUT2D eigenvalue weighted by Crippen LogP contribution is 2.36. The Bertz CT molecular complexity index is 2220. The zero-order chi connectivity index (χ0) is 29.5. The number of para-hydroxylation sites is 1. The molecule has 2 heterocycles. The molecule has 0 aliphatic heterocycles. The predicted octanol–water partition coefficient (Wildman–Crippen LogP) is 11.6. The molecule has 0 fully saturated rings. The highest BCUT2D eigenvalue weighted by Gasteiger charge is 2.12. The van der Waals surface area contributed by atoms with Gasteiger partial charge in [-0.3, -0.25) is 0 Å². The number of hydrogen-bond acceptors (Lipinski definition) is 2. The van der Waals surface area contributed by atoms with Gasteiger partial charge in [0.15, 0.2) is 0 Å². The summed E-state index contributed by atoms with van der Waals surface area (Å²) in [5.74, 6) is 0. The van der Waals surface area contributed by atoms with Crippen LogP contribution in [0, 0.1) is 6.92 Å². The van der Waals surface area contributed by atoms with Crippen LogP contribution in [0.25, 0.3) is 77.8 Å². The minimum absolute atomic E-state index is 0.917. The molecule has 44 heavy (non-hydrogen) atoms. The van der Waals surface area contributed by atoms with Crippen molar-refractivity contribution >= 4 is 21.9 Å². The molecule has 0 spiro atoms. The summed E-state index contributed by atoms with van der Waals surface area (Å²) in [4.78, 5) is 5.14. The first kappa shape index (κ1) is 25.9. The van der Waals surface area contributed by atoms with Crippen LogP contribution in [0.4, 0.5) is 0 Å². The van der Waals surface area contributed by atoms with Crippen molar-refractivity contribution in [2.24, 2.45) is 0 Å². The molecule has 8 aromatic rings. The third-order valence-corrected chi connectivity index (χ3v) is 8.41. The zero-order valence-corrected chi connectivity index (χ0v) is 24.4. The van der Waals surface area contributed by atoms with E-state index in [1.165, 1.54) is 33.4 Å². The van der Waals surface area contributed by atoms with Gasteiger partial charge < -0.3 is 4.42 Å². The first-order valence-electron chi connectivity index (χ1n) is 15.0. The van der Waals surface area contributed by atoms with Crippen molar-refractivity contribution in [3.8, 4) is 55.9 Å². The number of fused-ring (bicyclic) bond motifs is 3. The van der Waals surface area contributed by atoms with E-state index in [2.05, 4.69) is 146 Å². The van der Waals surface area contributed by atoms with E-state index in [9.17, 15) is 0 Å². The summed E-state index contributed by atoms with van der Waals surface area (Å²) in [6.07, 6.45) is 0. The predicted molar refractivity (Wildman–Crippen MR) is 183 cm³/mol. The first-order valence-corrected chi connectivity index (χ1v) is 15.0. The van der Waals surface area contributed by atoms with Gasteiger partial charge in [0.2, 0.25) is 0 Å². The van der Waals surface area contributed by atoms with Crippen LogP contribution in [0.15, 0.2) is 162 Å². The molecular weight excluding hydrogens is 534 g/mol. The van der Waals surface area contributed by atoms with Crippen molar-refractivity contribution in [2.75, 3.05) is 0 Å². The van der Waals surface area contributed by atoms with Crippen molar-refractivity contribution in [2.45, 2.75) is 6.92 Å². The molecule has 2 nitrogen and oxygen atoms in total. The molecule has 208 valence electrons. The Morgan fingerprint density at radius 2 is 1.00 bits per heavy atom. The maximum Gasteiger partial charge on any atom is 0.135 e. The quantitative estimate of drug-likeness (QED) is 0.208. The van der Waals surface area contributed by atoms with E-state index in [1.807, 2.05) is 18.2 Å². The van der Waals surface area contributed by atoms with E-state index in [4.69, 9.17) is 9.40 Å². The lowest BCUT2D eigenvalue weighted by Crippen LogP contribution is -1.92. The third kappa shape index (κ3) is 4.77. The topological polar surface area (TPSA) is 26.0 Å². The molecule has 0 saturated carbocycles. The largest absolute Gasteiger partial charge is 0.456 e. The van der Waals surface area contributed by atoms with Gasteiger partial charge in [-0.1, -0.05) is 121 Å². The molecule has 0 N–H and O–H groups in total. The molecule has 0 bridgehead atoms. The summed E-state index contributed by atoms with van der Waals surface area (Å²) in [5.41, 5.74) is 14.3. The maximum absolute atomic E-state index is 6.05. The van der Waals surface area contributed by atoms with Gasteiger partial charge in [-0.05, 0) is 82.3 Å². The van der Waals surface area contributed by atoms with Crippen LogP contribution in [0.3, 0.4) is 0 Å². The summed E-state index contributed by atoms with van der Waals surface area (Å²) in [5, 5.41) is 2.29. The van der Waals surface area contributed by atoms with E-state index in [0.29, 0.717) is 0 Å². The van der Waals surface area contributed by atoms with Crippen LogP contribution in [-0.2, 0) is 0 Å². The molecule has 6 aromatic carbocycles. The number of pyridine rings is 1. The molecule has 0 radical (unpaired) electrons. The van der Waals surface area contributed by atoms with Crippen molar-refractivity contribution in [3.05, 3.63) is 163 Å². The van der Waals surface area contributed by atoms with Crippen molar-refractivity contribution in [1.29, 1.82) is 0 Å². The number of hydrogen-bond donors (Lipinski definition) is 0. The summed E-state index contributed by atoms with van der Waals surface area (Å²) >= 11 is 0. The number of benzene rings is 6. The number of furan rings is 1. The normalized spacial score (nSPS) is 11.3. The minimum atomic E-state index is 0.917. The summed E-state index contributed by atoms with van der Waals surface area (Å²) in [6, 6.07) is 55.5. The van der Waals surface area contributed by atoms with Gasteiger partial charge in [-0.25, -0.2) is 4.98 Å². The Kier molecular flexibility index (Phi) is 6.39. The van der Waals surface area contributed by atoms with Gasteiger partial charge in [0.05, 0.1) is 11.4 Å². The summed E-state index contributed by atoms with van der Waals surface area (Å²) in [7, 11) is 0. The van der Waals surface area contributed by atoms with Gasteiger partial charge in [0.25, 0.3) is 0 Å². The van der Waals surface area contributed by atoms with Gasteiger partial charge in [0, 0.05) is 21.9 Å². The summed E-state index contributed by atoms with van der Waals surface area (Å²) < 4.78 is 6.05. The van der Waals surface area contributed by atoms with Gasteiger partial charge in [-0.15, -0.1) is 0 Å². The molecule has 0 aliphatic carbocycles. The molecule has 2 aromatic heterocycles. The second-order valence-electron chi connectivity index (χ2n) is 11.3. The molecule has 0 amide bonds. The number of aryl methyl sites for hydroxylation is 1. The Labute approximate surface area is 256 Å². The Balaban J connectivity index is 1.18. The van der Waals surface area contributed by atoms with Crippen LogP contribution < -0.4 is 0 Å². The lowest BCUT2D eigenvalue weighted by Gasteiger charge is -2.13. The van der Waals surface area contributed by atoms with Crippen LogP contribution >= 0.6 is 0 Å². The number of rotatable bonds is 5. The van der Waals surface area contributed by atoms with Gasteiger partial charge >= 0.3 is 0 Å². The minimum Gasteiger partial charge on any atom is -0.456 e. The van der Waals surface area contributed by atoms with Gasteiger partial charge in [0.1, 0.15) is 11.2 Å². The van der Waals surface area contributed by atoms with Gasteiger partial charge in [-0.2, -0.15) is 0 Å². The molecule has 8 rings (SSSR count).